The number of morpholine rings is 1. The Hall–Kier alpha value is -2.51. The third-order valence-corrected chi connectivity index (χ3v) is 4.04. The lowest BCUT2D eigenvalue weighted by Crippen LogP contribution is -2.36. The molecule has 0 aliphatic carbocycles. The summed E-state index contributed by atoms with van der Waals surface area (Å²) in [5, 5.41) is 5.74. The van der Waals surface area contributed by atoms with Crippen LogP contribution in [0.4, 0.5) is 11.4 Å². The molecule has 3 rings (SSSR count). The third kappa shape index (κ3) is 4.52. The van der Waals surface area contributed by atoms with Crippen LogP contribution in [-0.2, 0) is 9.53 Å². The summed E-state index contributed by atoms with van der Waals surface area (Å²) in [5.74, 6) is -0.637. The van der Waals surface area contributed by atoms with Gasteiger partial charge in [-0.2, -0.15) is 0 Å². The number of amides is 2. The first kappa shape index (κ1) is 17.3. The minimum Gasteiger partial charge on any atom is -0.459 e. The topological polar surface area (TPSA) is 83.8 Å². The van der Waals surface area contributed by atoms with Crippen LogP contribution >= 0.6 is 11.6 Å². The van der Waals surface area contributed by atoms with E-state index in [-0.39, 0.29) is 18.2 Å². The predicted molar refractivity (Wildman–Crippen MR) is 94.2 cm³/mol. The van der Waals surface area contributed by atoms with Gasteiger partial charge in [0.2, 0.25) is 5.91 Å². The summed E-state index contributed by atoms with van der Waals surface area (Å²) in [5.41, 5.74) is 1.48. The fourth-order valence-electron chi connectivity index (χ4n) is 2.51. The molecular weight excluding hydrogens is 346 g/mol. The third-order valence-electron chi connectivity index (χ3n) is 3.74. The number of carbonyl (C=O) groups is 2. The van der Waals surface area contributed by atoms with Crippen LogP contribution < -0.4 is 15.5 Å². The molecule has 1 aliphatic rings. The first-order valence-electron chi connectivity index (χ1n) is 7.87. The molecule has 0 saturated carbocycles. The molecule has 2 heterocycles. The molecule has 0 spiro atoms. The highest BCUT2D eigenvalue weighted by Gasteiger charge is 2.15. The number of carbonyl (C=O) groups excluding carboxylic acids is 2. The lowest BCUT2D eigenvalue weighted by molar-refractivity contribution is -0.115. The van der Waals surface area contributed by atoms with Crippen LogP contribution in [0.25, 0.3) is 0 Å². The quantitative estimate of drug-likeness (QED) is 0.850. The van der Waals surface area contributed by atoms with Crippen molar-refractivity contribution in [3.05, 3.63) is 47.4 Å². The number of hydrogen-bond acceptors (Lipinski definition) is 5. The van der Waals surface area contributed by atoms with Gasteiger partial charge in [0.25, 0.3) is 5.91 Å². The molecule has 0 unspecified atom stereocenters. The molecule has 132 valence electrons. The van der Waals surface area contributed by atoms with Gasteiger partial charge in [0, 0.05) is 18.8 Å². The number of benzene rings is 1. The Morgan fingerprint density at radius 2 is 2.00 bits per heavy atom. The largest absolute Gasteiger partial charge is 0.459 e. The van der Waals surface area contributed by atoms with E-state index in [1.165, 1.54) is 12.3 Å². The maximum Gasteiger partial charge on any atom is 0.287 e. The normalized spacial score (nSPS) is 14.2. The van der Waals surface area contributed by atoms with Gasteiger partial charge in [-0.05, 0) is 30.3 Å². The number of nitrogens with zero attached hydrogens (tertiary/aromatic N) is 1. The van der Waals surface area contributed by atoms with Gasteiger partial charge in [0.05, 0.1) is 36.7 Å². The molecule has 1 aromatic carbocycles. The van der Waals surface area contributed by atoms with Crippen LogP contribution in [0.2, 0.25) is 5.02 Å². The number of hydrogen-bond donors (Lipinski definition) is 2. The van der Waals surface area contributed by atoms with Crippen molar-refractivity contribution in [3.63, 3.8) is 0 Å². The molecule has 0 bridgehead atoms. The van der Waals surface area contributed by atoms with Crippen LogP contribution in [0.1, 0.15) is 10.6 Å². The van der Waals surface area contributed by atoms with Crippen molar-refractivity contribution < 1.29 is 18.7 Å². The second-order valence-electron chi connectivity index (χ2n) is 5.47. The number of furan rings is 1. The molecule has 0 atom stereocenters. The second-order valence-corrected chi connectivity index (χ2v) is 5.88. The highest BCUT2D eigenvalue weighted by molar-refractivity contribution is 6.33. The van der Waals surface area contributed by atoms with Crippen molar-refractivity contribution in [1.82, 2.24) is 5.32 Å². The van der Waals surface area contributed by atoms with E-state index in [0.29, 0.717) is 23.9 Å². The number of rotatable bonds is 5. The van der Waals surface area contributed by atoms with Gasteiger partial charge >= 0.3 is 0 Å². The van der Waals surface area contributed by atoms with E-state index in [0.717, 1.165) is 18.8 Å². The van der Waals surface area contributed by atoms with Crippen molar-refractivity contribution >= 4 is 34.8 Å². The van der Waals surface area contributed by atoms with Gasteiger partial charge in [-0.1, -0.05) is 11.6 Å². The maximum atomic E-state index is 12.0. The van der Waals surface area contributed by atoms with E-state index < -0.39 is 5.91 Å². The molecule has 25 heavy (non-hydrogen) atoms. The van der Waals surface area contributed by atoms with E-state index in [1.54, 1.807) is 18.2 Å². The standard InChI is InChI=1S/C17H18ClN3O4/c18-13-10-12(3-4-14(13)21-5-8-24-9-6-21)20-16(22)11-19-17(23)15-2-1-7-25-15/h1-4,7,10H,5-6,8-9,11H2,(H,19,23)(H,20,22). The SMILES string of the molecule is O=C(CNC(=O)c1ccco1)Nc1ccc(N2CCOCC2)c(Cl)c1. The molecule has 1 saturated heterocycles. The van der Waals surface area contributed by atoms with Gasteiger partial charge in [-0.15, -0.1) is 0 Å². The summed E-state index contributed by atoms with van der Waals surface area (Å²) in [6.45, 7) is 2.74. The van der Waals surface area contributed by atoms with E-state index in [1.807, 2.05) is 6.07 Å². The van der Waals surface area contributed by atoms with Crippen molar-refractivity contribution in [2.45, 2.75) is 0 Å². The lowest BCUT2D eigenvalue weighted by Gasteiger charge is -2.29. The highest BCUT2D eigenvalue weighted by atomic mass is 35.5. The summed E-state index contributed by atoms with van der Waals surface area (Å²) in [6.07, 6.45) is 1.40. The maximum absolute atomic E-state index is 12.0. The Labute approximate surface area is 149 Å². The second kappa shape index (κ2) is 8.04. The van der Waals surface area contributed by atoms with Crippen LogP contribution in [0.5, 0.6) is 0 Å². The fourth-order valence-corrected chi connectivity index (χ4v) is 2.81. The van der Waals surface area contributed by atoms with E-state index in [9.17, 15) is 9.59 Å². The average molecular weight is 364 g/mol. The minimum absolute atomic E-state index is 0.158. The fraction of sp³-hybridized carbons (Fsp3) is 0.294. The summed E-state index contributed by atoms with van der Waals surface area (Å²) in [7, 11) is 0. The molecule has 2 aromatic rings. The summed E-state index contributed by atoms with van der Waals surface area (Å²) < 4.78 is 10.3. The Balaban J connectivity index is 1.54. The number of anilines is 2. The zero-order chi connectivity index (χ0) is 17.6. The Kier molecular flexibility index (Phi) is 5.57. The molecule has 0 radical (unpaired) electrons. The molecule has 1 aliphatic heterocycles. The Morgan fingerprint density at radius 3 is 2.68 bits per heavy atom. The molecule has 2 N–H and O–H groups in total. The molecule has 7 nitrogen and oxygen atoms in total. The van der Waals surface area contributed by atoms with Crippen LogP contribution in [0, 0.1) is 0 Å². The molecule has 8 heteroatoms. The molecule has 1 fully saturated rings. The average Bonchev–Trinajstić information content (AvgIpc) is 3.15. The molecular formula is C17H18ClN3O4. The van der Waals surface area contributed by atoms with Crippen molar-refractivity contribution in [1.29, 1.82) is 0 Å². The molecule has 2 amide bonds. The Bertz CT molecular complexity index is 742. The van der Waals surface area contributed by atoms with E-state index in [4.69, 9.17) is 20.8 Å². The van der Waals surface area contributed by atoms with E-state index >= 15 is 0 Å². The van der Waals surface area contributed by atoms with Crippen LogP contribution in [0.3, 0.4) is 0 Å². The van der Waals surface area contributed by atoms with Crippen molar-refractivity contribution in [3.8, 4) is 0 Å². The zero-order valence-corrected chi connectivity index (χ0v) is 14.2. The van der Waals surface area contributed by atoms with Gasteiger partial charge in [-0.3, -0.25) is 9.59 Å². The van der Waals surface area contributed by atoms with Gasteiger partial charge in [0.1, 0.15) is 0 Å². The van der Waals surface area contributed by atoms with E-state index in [2.05, 4.69) is 15.5 Å². The van der Waals surface area contributed by atoms with Gasteiger partial charge < -0.3 is 24.7 Å². The first-order chi connectivity index (χ1) is 12.1. The first-order valence-corrected chi connectivity index (χ1v) is 8.25. The smallest absolute Gasteiger partial charge is 0.287 e. The van der Waals surface area contributed by atoms with Crippen LogP contribution in [0.15, 0.2) is 41.0 Å². The Morgan fingerprint density at radius 1 is 1.20 bits per heavy atom. The summed E-state index contributed by atoms with van der Waals surface area (Å²) in [6, 6.07) is 8.47. The monoisotopic (exact) mass is 363 g/mol. The number of ether oxygens (including phenoxy) is 1. The zero-order valence-electron chi connectivity index (χ0n) is 13.5. The number of nitrogens with one attached hydrogen (secondary N) is 2. The van der Waals surface area contributed by atoms with Gasteiger partial charge in [-0.25, -0.2) is 0 Å². The van der Waals surface area contributed by atoms with Crippen molar-refractivity contribution in [2.75, 3.05) is 43.1 Å². The highest BCUT2D eigenvalue weighted by Crippen LogP contribution is 2.29. The van der Waals surface area contributed by atoms with Crippen LogP contribution in [-0.4, -0.2) is 44.7 Å². The van der Waals surface area contributed by atoms with Crippen molar-refractivity contribution in [2.24, 2.45) is 0 Å². The van der Waals surface area contributed by atoms with Gasteiger partial charge in [0.15, 0.2) is 5.76 Å². The predicted octanol–water partition coefficient (Wildman–Crippen LogP) is 2.14. The molecule has 1 aromatic heterocycles. The summed E-state index contributed by atoms with van der Waals surface area (Å²) >= 11 is 6.33. The summed E-state index contributed by atoms with van der Waals surface area (Å²) in [4.78, 5) is 25.8. The number of halogens is 1. The lowest BCUT2D eigenvalue weighted by atomic mass is 10.2. The minimum atomic E-state index is -0.444.